The Morgan fingerprint density at radius 1 is 1.27 bits per heavy atom. The summed E-state index contributed by atoms with van der Waals surface area (Å²) in [5, 5.41) is 0. The first-order valence-corrected chi connectivity index (χ1v) is 8.75. The van der Waals surface area contributed by atoms with Crippen molar-refractivity contribution in [1.82, 2.24) is 4.90 Å². The van der Waals surface area contributed by atoms with Crippen LogP contribution < -0.4 is 15.2 Å². The van der Waals surface area contributed by atoms with Gasteiger partial charge in [-0.25, -0.2) is 0 Å². The molecule has 0 amide bonds. The number of likely N-dealkylation sites (tertiary alicyclic amines) is 1. The lowest BCUT2D eigenvalue weighted by atomic mass is 9.90. The molecule has 4 nitrogen and oxygen atoms in total. The molecule has 3 rings (SSSR count). The van der Waals surface area contributed by atoms with Crippen LogP contribution in [0.1, 0.15) is 18.9 Å². The molecule has 2 N–H and O–H groups in total. The quantitative estimate of drug-likeness (QED) is 0.851. The highest BCUT2D eigenvalue weighted by molar-refractivity contribution is 7.98. The summed E-state index contributed by atoms with van der Waals surface area (Å²) in [5.41, 5.74) is 7.50. The summed E-state index contributed by atoms with van der Waals surface area (Å²) in [4.78, 5) is 3.78. The number of fused-ring (bicyclic) bond motifs is 1. The molecule has 1 atom stereocenters. The average Bonchev–Trinajstić information content (AvgIpc) is 2.88. The topological polar surface area (TPSA) is 47.7 Å². The molecule has 22 heavy (non-hydrogen) atoms. The van der Waals surface area contributed by atoms with Crippen LogP contribution in [-0.4, -0.2) is 44.0 Å². The minimum absolute atomic E-state index is 0. The summed E-state index contributed by atoms with van der Waals surface area (Å²) in [5.74, 6) is 1.76. The number of nitrogens with zero attached hydrogens (tertiary/aromatic N) is 1. The van der Waals surface area contributed by atoms with Crippen LogP contribution in [-0.2, 0) is 6.54 Å². The predicted molar refractivity (Wildman–Crippen MR) is 93.5 cm³/mol. The number of ether oxygens (including phenoxy) is 2. The molecule has 1 unspecified atom stereocenters. The Morgan fingerprint density at radius 2 is 1.95 bits per heavy atom. The van der Waals surface area contributed by atoms with Gasteiger partial charge in [0.05, 0.1) is 0 Å². The third kappa shape index (κ3) is 3.65. The molecule has 0 bridgehead atoms. The highest BCUT2D eigenvalue weighted by Crippen LogP contribution is 2.38. The molecule has 0 saturated carbocycles. The summed E-state index contributed by atoms with van der Waals surface area (Å²) >= 11 is 1.77. The molecule has 1 aromatic carbocycles. The summed E-state index contributed by atoms with van der Waals surface area (Å²) in [6.45, 7) is 7.48. The molecule has 1 saturated heterocycles. The van der Waals surface area contributed by atoms with Crippen LogP contribution in [0.15, 0.2) is 17.0 Å². The Balaban J connectivity index is 0.00000176. The first-order valence-electron chi connectivity index (χ1n) is 7.52. The third-order valence-corrected chi connectivity index (χ3v) is 5.29. The van der Waals surface area contributed by atoms with Gasteiger partial charge in [-0.3, -0.25) is 4.90 Å². The molecule has 0 aromatic heterocycles. The van der Waals surface area contributed by atoms with Gasteiger partial charge in [0.25, 0.3) is 0 Å². The molecule has 0 radical (unpaired) electrons. The molecule has 124 valence electrons. The Labute approximate surface area is 143 Å². The van der Waals surface area contributed by atoms with Crippen LogP contribution in [0.4, 0.5) is 0 Å². The van der Waals surface area contributed by atoms with Crippen molar-refractivity contribution in [3.8, 4) is 11.5 Å². The first kappa shape index (κ1) is 17.7. The van der Waals surface area contributed by atoms with E-state index >= 15 is 0 Å². The molecular formula is C16H25ClN2O2S. The second kappa shape index (κ2) is 7.30. The van der Waals surface area contributed by atoms with Crippen LogP contribution in [0, 0.1) is 5.41 Å². The summed E-state index contributed by atoms with van der Waals surface area (Å²) in [7, 11) is 0. The van der Waals surface area contributed by atoms with Crippen molar-refractivity contribution >= 4 is 24.2 Å². The van der Waals surface area contributed by atoms with Crippen molar-refractivity contribution < 1.29 is 9.47 Å². The maximum atomic E-state index is 5.90. The van der Waals surface area contributed by atoms with E-state index in [2.05, 4.69) is 30.2 Å². The molecule has 0 aliphatic carbocycles. The van der Waals surface area contributed by atoms with E-state index in [9.17, 15) is 0 Å². The van der Waals surface area contributed by atoms with E-state index in [4.69, 9.17) is 15.2 Å². The molecule has 2 heterocycles. The first-order chi connectivity index (χ1) is 10.1. The SMILES string of the molecule is CSc1cc2c(cc1CN1CCC(C)(CN)C1)OCCO2.Cl. The van der Waals surface area contributed by atoms with Crippen LogP contribution in [0.3, 0.4) is 0 Å². The van der Waals surface area contributed by atoms with Crippen molar-refractivity contribution in [2.75, 3.05) is 39.1 Å². The number of thioether (sulfide) groups is 1. The standard InChI is InChI=1S/C16H24N2O2S.ClH/c1-16(10-17)3-4-18(11-16)9-12-7-13-14(8-15(12)21-2)20-6-5-19-13;/h7-8H,3-6,9-11,17H2,1-2H3;1H. The molecule has 2 aliphatic heterocycles. The van der Waals surface area contributed by atoms with Gasteiger partial charge in [-0.1, -0.05) is 6.92 Å². The Kier molecular flexibility index (Phi) is 5.88. The zero-order valence-electron chi connectivity index (χ0n) is 13.3. The van der Waals surface area contributed by atoms with E-state index in [1.54, 1.807) is 11.8 Å². The van der Waals surface area contributed by atoms with Gasteiger partial charge in [0, 0.05) is 18.0 Å². The van der Waals surface area contributed by atoms with E-state index in [0.717, 1.165) is 37.7 Å². The Hall–Kier alpha value is -0.620. The third-order valence-electron chi connectivity index (χ3n) is 4.47. The summed E-state index contributed by atoms with van der Waals surface area (Å²) < 4.78 is 11.4. The predicted octanol–water partition coefficient (Wildman–Crippen LogP) is 2.77. The van der Waals surface area contributed by atoms with Gasteiger partial charge in [0.1, 0.15) is 13.2 Å². The number of benzene rings is 1. The number of hydrogen-bond acceptors (Lipinski definition) is 5. The number of hydrogen-bond donors (Lipinski definition) is 1. The van der Waals surface area contributed by atoms with Gasteiger partial charge in [-0.2, -0.15) is 0 Å². The Bertz CT molecular complexity index is 529. The molecular weight excluding hydrogens is 320 g/mol. The molecule has 1 fully saturated rings. The van der Waals surface area contributed by atoms with Gasteiger partial charge in [-0.15, -0.1) is 24.2 Å². The lowest BCUT2D eigenvalue weighted by Gasteiger charge is -2.25. The van der Waals surface area contributed by atoms with E-state index in [-0.39, 0.29) is 17.8 Å². The van der Waals surface area contributed by atoms with Gasteiger partial charge in [0.15, 0.2) is 11.5 Å². The number of nitrogens with two attached hydrogens (primary N) is 1. The zero-order valence-corrected chi connectivity index (χ0v) is 14.9. The van der Waals surface area contributed by atoms with Crippen molar-refractivity contribution in [2.45, 2.75) is 24.8 Å². The lowest BCUT2D eigenvalue weighted by molar-refractivity contribution is 0.170. The number of rotatable bonds is 4. The fourth-order valence-corrected chi connectivity index (χ4v) is 3.70. The van der Waals surface area contributed by atoms with Crippen molar-refractivity contribution in [2.24, 2.45) is 11.1 Å². The van der Waals surface area contributed by atoms with Crippen molar-refractivity contribution in [3.05, 3.63) is 17.7 Å². The lowest BCUT2D eigenvalue weighted by Crippen LogP contribution is -2.31. The highest BCUT2D eigenvalue weighted by atomic mass is 35.5. The smallest absolute Gasteiger partial charge is 0.162 e. The maximum Gasteiger partial charge on any atom is 0.162 e. The fourth-order valence-electron chi connectivity index (χ4n) is 3.09. The highest BCUT2D eigenvalue weighted by Gasteiger charge is 2.32. The summed E-state index contributed by atoms with van der Waals surface area (Å²) in [6, 6.07) is 4.27. The molecule has 0 spiro atoms. The second-order valence-electron chi connectivity index (χ2n) is 6.28. The van der Waals surface area contributed by atoms with Crippen LogP contribution >= 0.6 is 24.2 Å². The average molecular weight is 345 g/mol. The van der Waals surface area contributed by atoms with Gasteiger partial charge >= 0.3 is 0 Å². The van der Waals surface area contributed by atoms with Crippen molar-refractivity contribution in [1.29, 1.82) is 0 Å². The molecule has 1 aromatic rings. The van der Waals surface area contributed by atoms with Gasteiger partial charge < -0.3 is 15.2 Å². The van der Waals surface area contributed by atoms with E-state index in [0.29, 0.717) is 13.2 Å². The molecule has 2 aliphatic rings. The van der Waals surface area contributed by atoms with E-state index in [1.165, 1.54) is 16.9 Å². The minimum Gasteiger partial charge on any atom is -0.486 e. The zero-order chi connectivity index (χ0) is 14.9. The van der Waals surface area contributed by atoms with Crippen LogP contribution in [0.2, 0.25) is 0 Å². The van der Waals surface area contributed by atoms with Gasteiger partial charge in [0.2, 0.25) is 0 Å². The van der Waals surface area contributed by atoms with Crippen molar-refractivity contribution in [3.63, 3.8) is 0 Å². The largest absolute Gasteiger partial charge is 0.486 e. The monoisotopic (exact) mass is 344 g/mol. The Morgan fingerprint density at radius 3 is 2.55 bits per heavy atom. The van der Waals surface area contributed by atoms with Crippen LogP contribution in [0.5, 0.6) is 11.5 Å². The van der Waals surface area contributed by atoms with E-state index in [1.807, 2.05) is 0 Å². The maximum absolute atomic E-state index is 5.90. The van der Waals surface area contributed by atoms with E-state index < -0.39 is 0 Å². The fraction of sp³-hybridized carbons (Fsp3) is 0.625. The second-order valence-corrected chi connectivity index (χ2v) is 7.13. The number of halogens is 1. The molecule has 6 heteroatoms. The normalized spacial score (nSPS) is 24.1. The van der Waals surface area contributed by atoms with Crippen LogP contribution in [0.25, 0.3) is 0 Å². The van der Waals surface area contributed by atoms with Gasteiger partial charge in [-0.05, 0) is 48.9 Å². The minimum atomic E-state index is 0. The summed E-state index contributed by atoms with van der Waals surface area (Å²) in [6.07, 6.45) is 3.30.